The van der Waals surface area contributed by atoms with Crippen LogP contribution >= 0.6 is 11.8 Å². The first-order chi connectivity index (χ1) is 7.24. The Hall–Kier alpha value is -1.36. The van der Waals surface area contributed by atoms with E-state index in [1.54, 1.807) is 18.7 Å². The van der Waals surface area contributed by atoms with E-state index in [0.717, 1.165) is 11.0 Å². The van der Waals surface area contributed by atoms with E-state index in [-0.39, 0.29) is 5.78 Å². The maximum absolute atomic E-state index is 11.8. The van der Waals surface area contributed by atoms with Gasteiger partial charge in [-0.1, -0.05) is 0 Å². The molecule has 0 unspecified atom stereocenters. The Morgan fingerprint density at radius 3 is 3.07 bits per heavy atom. The zero-order valence-electron chi connectivity index (χ0n) is 8.60. The maximum atomic E-state index is 11.8. The van der Waals surface area contributed by atoms with Crippen LogP contribution in [0.5, 0.6) is 0 Å². The van der Waals surface area contributed by atoms with Gasteiger partial charge in [0, 0.05) is 13.2 Å². The molecule has 0 saturated heterocycles. The molecule has 2 rings (SSSR count). The average Bonchev–Trinajstić information content (AvgIpc) is 2.61. The summed E-state index contributed by atoms with van der Waals surface area (Å²) in [5, 5.41) is 0. The Balaban J connectivity index is 2.59. The molecule has 0 saturated carbocycles. The van der Waals surface area contributed by atoms with Gasteiger partial charge in [-0.15, -0.1) is 0 Å². The number of fused-ring (bicyclic) bond motifs is 1. The van der Waals surface area contributed by atoms with Gasteiger partial charge in [0.25, 0.3) is 0 Å². The minimum atomic E-state index is 0.101. The predicted octanol–water partition coefficient (Wildman–Crippen LogP) is 1.51. The van der Waals surface area contributed by atoms with Crippen molar-refractivity contribution in [2.75, 3.05) is 12.0 Å². The highest BCUT2D eigenvalue weighted by atomic mass is 32.2. The summed E-state index contributed by atoms with van der Waals surface area (Å²) in [5.74, 6) is 0.579. The normalized spacial score (nSPS) is 10.8. The molecule has 0 aliphatic carbocycles. The van der Waals surface area contributed by atoms with Gasteiger partial charge < -0.3 is 4.57 Å². The molecule has 15 heavy (non-hydrogen) atoms. The quantitative estimate of drug-likeness (QED) is 0.737. The molecule has 0 radical (unpaired) electrons. The van der Waals surface area contributed by atoms with Crippen LogP contribution in [0.3, 0.4) is 0 Å². The number of rotatable bonds is 3. The molecule has 4 nitrogen and oxygen atoms in total. The van der Waals surface area contributed by atoms with Gasteiger partial charge in [-0.25, -0.2) is 4.98 Å². The van der Waals surface area contributed by atoms with E-state index in [4.69, 9.17) is 0 Å². The van der Waals surface area contributed by atoms with Crippen molar-refractivity contribution in [3.05, 3.63) is 24.3 Å². The van der Waals surface area contributed by atoms with Crippen LogP contribution in [0.1, 0.15) is 10.4 Å². The number of carbonyl (C=O) groups excluding carboxylic acids is 1. The van der Waals surface area contributed by atoms with E-state index in [2.05, 4.69) is 9.97 Å². The van der Waals surface area contributed by atoms with E-state index >= 15 is 0 Å². The summed E-state index contributed by atoms with van der Waals surface area (Å²) in [4.78, 5) is 20.0. The van der Waals surface area contributed by atoms with Crippen molar-refractivity contribution < 1.29 is 4.79 Å². The highest BCUT2D eigenvalue weighted by molar-refractivity contribution is 7.99. The standard InChI is InChI=1S/C10H11N3OS/c1-13-6-12-8-4-11-3-7(10(8)13)9(14)5-15-2/h3-4,6H,5H2,1-2H3. The number of pyridine rings is 1. The van der Waals surface area contributed by atoms with Gasteiger partial charge >= 0.3 is 0 Å². The summed E-state index contributed by atoms with van der Waals surface area (Å²) in [6.07, 6.45) is 6.89. The lowest BCUT2D eigenvalue weighted by atomic mass is 10.2. The summed E-state index contributed by atoms with van der Waals surface area (Å²) >= 11 is 1.51. The van der Waals surface area contributed by atoms with Gasteiger partial charge in [0.2, 0.25) is 0 Å². The van der Waals surface area contributed by atoms with Crippen LogP contribution in [0.15, 0.2) is 18.7 Å². The lowest BCUT2D eigenvalue weighted by Gasteiger charge is -2.02. The molecule has 2 heterocycles. The topological polar surface area (TPSA) is 47.8 Å². The second-order valence-corrected chi connectivity index (χ2v) is 4.13. The van der Waals surface area contributed by atoms with Gasteiger partial charge in [-0.3, -0.25) is 9.78 Å². The molecule has 0 aromatic carbocycles. The van der Waals surface area contributed by atoms with Crippen molar-refractivity contribution >= 4 is 28.6 Å². The van der Waals surface area contributed by atoms with E-state index in [1.807, 2.05) is 17.9 Å². The fourth-order valence-electron chi connectivity index (χ4n) is 1.53. The maximum Gasteiger partial charge on any atom is 0.176 e. The SMILES string of the molecule is CSCC(=O)c1cncc2ncn(C)c12. The highest BCUT2D eigenvalue weighted by Gasteiger charge is 2.12. The fraction of sp³-hybridized carbons (Fsp3) is 0.300. The first-order valence-electron chi connectivity index (χ1n) is 4.51. The van der Waals surface area contributed by atoms with Crippen LogP contribution in [-0.4, -0.2) is 32.3 Å². The lowest BCUT2D eigenvalue weighted by molar-refractivity contribution is 0.102. The van der Waals surface area contributed by atoms with Crippen molar-refractivity contribution in [2.24, 2.45) is 7.05 Å². The van der Waals surface area contributed by atoms with Gasteiger partial charge in [0.05, 0.1) is 29.4 Å². The van der Waals surface area contributed by atoms with Gasteiger partial charge in [-0.2, -0.15) is 11.8 Å². The molecule has 0 amide bonds. The molecular weight excluding hydrogens is 210 g/mol. The number of imidazole rings is 1. The Kier molecular flexibility index (Phi) is 2.73. The van der Waals surface area contributed by atoms with E-state index in [0.29, 0.717) is 11.3 Å². The van der Waals surface area contributed by atoms with Crippen molar-refractivity contribution in [2.45, 2.75) is 0 Å². The van der Waals surface area contributed by atoms with Gasteiger partial charge in [-0.05, 0) is 6.26 Å². The third-order valence-electron chi connectivity index (χ3n) is 2.20. The molecule has 0 fully saturated rings. The van der Waals surface area contributed by atoms with E-state index in [1.165, 1.54) is 11.8 Å². The Morgan fingerprint density at radius 2 is 2.33 bits per heavy atom. The van der Waals surface area contributed by atoms with Crippen LogP contribution in [0, 0.1) is 0 Å². The van der Waals surface area contributed by atoms with Crippen LogP contribution in [-0.2, 0) is 7.05 Å². The molecule has 0 atom stereocenters. The van der Waals surface area contributed by atoms with E-state index < -0.39 is 0 Å². The largest absolute Gasteiger partial charge is 0.333 e. The van der Waals surface area contributed by atoms with Crippen LogP contribution in [0.25, 0.3) is 11.0 Å². The lowest BCUT2D eigenvalue weighted by Crippen LogP contribution is -2.05. The molecule has 0 N–H and O–H groups in total. The van der Waals surface area contributed by atoms with Crippen molar-refractivity contribution in [1.82, 2.24) is 14.5 Å². The summed E-state index contributed by atoms with van der Waals surface area (Å²) < 4.78 is 1.85. The molecule has 5 heteroatoms. The first-order valence-corrected chi connectivity index (χ1v) is 5.90. The van der Waals surface area contributed by atoms with E-state index in [9.17, 15) is 4.79 Å². The Morgan fingerprint density at radius 1 is 1.53 bits per heavy atom. The summed E-state index contributed by atoms with van der Waals surface area (Å²) in [5.41, 5.74) is 2.29. The Labute approximate surface area is 91.7 Å². The molecule has 2 aromatic heterocycles. The molecule has 0 aliphatic rings. The minimum absolute atomic E-state index is 0.101. The number of hydrogen-bond donors (Lipinski definition) is 0. The molecule has 2 aromatic rings. The molecular formula is C10H11N3OS. The average molecular weight is 221 g/mol. The molecule has 0 aliphatic heterocycles. The van der Waals surface area contributed by atoms with Crippen molar-refractivity contribution in [3.63, 3.8) is 0 Å². The van der Waals surface area contributed by atoms with Crippen LogP contribution in [0.2, 0.25) is 0 Å². The number of Topliss-reactive ketones (excluding diaryl/α,β-unsaturated/α-hetero) is 1. The second kappa shape index (κ2) is 4.02. The molecule has 78 valence electrons. The Bertz CT molecular complexity index is 506. The fourth-order valence-corrected chi connectivity index (χ4v) is 1.94. The number of aryl methyl sites for hydroxylation is 1. The zero-order chi connectivity index (χ0) is 10.8. The number of ketones is 1. The monoisotopic (exact) mass is 221 g/mol. The summed E-state index contributed by atoms with van der Waals surface area (Å²) in [7, 11) is 1.88. The number of aromatic nitrogens is 3. The summed E-state index contributed by atoms with van der Waals surface area (Å²) in [6, 6.07) is 0. The molecule has 0 bridgehead atoms. The first kappa shape index (κ1) is 10.2. The van der Waals surface area contributed by atoms with Gasteiger partial charge in [0.15, 0.2) is 5.78 Å². The number of nitrogens with zero attached hydrogens (tertiary/aromatic N) is 3. The second-order valence-electron chi connectivity index (χ2n) is 3.27. The number of thioether (sulfide) groups is 1. The zero-order valence-corrected chi connectivity index (χ0v) is 9.41. The van der Waals surface area contributed by atoms with Crippen LogP contribution in [0.4, 0.5) is 0 Å². The third kappa shape index (κ3) is 1.74. The van der Waals surface area contributed by atoms with Crippen molar-refractivity contribution in [1.29, 1.82) is 0 Å². The third-order valence-corrected chi connectivity index (χ3v) is 2.75. The minimum Gasteiger partial charge on any atom is -0.333 e. The number of hydrogen-bond acceptors (Lipinski definition) is 4. The molecule has 0 spiro atoms. The highest BCUT2D eigenvalue weighted by Crippen LogP contribution is 2.16. The summed E-state index contributed by atoms with van der Waals surface area (Å²) in [6.45, 7) is 0. The van der Waals surface area contributed by atoms with Crippen molar-refractivity contribution in [3.8, 4) is 0 Å². The van der Waals surface area contributed by atoms with Gasteiger partial charge in [0.1, 0.15) is 5.52 Å². The smallest absolute Gasteiger partial charge is 0.176 e. The van der Waals surface area contributed by atoms with Crippen LogP contribution < -0.4 is 0 Å². The predicted molar refractivity (Wildman–Crippen MR) is 61.2 cm³/mol. The number of carbonyl (C=O) groups is 1.